The summed E-state index contributed by atoms with van der Waals surface area (Å²) in [7, 11) is 0. The highest BCUT2D eigenvalue weighted by Gasteiger charge is 2.43. The fraction of sp³-hybridized carbons (Fsp3) is 0.300. The highest BCUT2D eigenvalue weighted by Crippen LogP contribution is 2.49. The summed E-state index contributed by atoms with van der Waals surface area (Å²) >= 11 is 1.66. The van der Waals surface area contributed by atoms with Crippen molar-refractivity contribution in [2.75, 3.05) is 18.0 Å². The van der Waals surface area contributed by atoms with E-state index in [0.717, 1.165) is 37.0 Å². The number of aromatic nitrogens is 1. The molecule has 4 aromatic rings. The van der Waals surface area contributed by atoms with Crippen molar-refractivity contribution in [1.29, 1.82) is 0 Å². The van der Waals surface area contributed by atoms with E-state index in [-0.39, 0.29) is 10.8 Å². The van der Waals surface area contributed by atoms with Crippen molar-refractivity contribution in [2.45, 2.75) is 70.4 Å². The summed E-state index contributed by atoms with van der Waals surface area (Å²) in [6.45, 7) is 15.7. The van der Waals surface area contributed by atoms with E-state index in [2.05, 4.69) is 124 Å². The first-order chi connectivity index (χ1) is 21.7. The number of para-hydroxylation sites is 4. The molecule has 0 saturated heterocycles. The Balaban J connectivity index is 1.30. The molecule has 0 fully saturated rings. The maximum absolute atomic E-state index is 6.23. The quantitative estimate of drug-likeness (QED) is 0.194. The van der Waals surface area contributed by atoms with Gasteiger partial charge in [-0.15, -0.1) is 0 Å². The van der Waals surface area contributed by atoms with E-state index in [1.807, 2.05) is 24.3 Å². The third-order valence-electron chi connectivity index (χ3n) is 9.83. The average Bonchev–Trinajstić information content (AvgIpc) is 3.74. The van der Waals surface area contributed by atoms with E-state index in [4.69, 9.17) is 9.40 Å². The topological polar surface area (TPSA) is 32.3 Å². The highest BCUT2D eigenvalue weighted by atomic mass is 32.2. The minimum absolute atomic E-state index is 0.0639. The summed E-state index contributed by atoms with van der Waals surface area (Å²) in [4.78, 5) is 8.57. The molecule has 7 rings (SSSR count). The highest BCUT2D eigenvalue weighted by molar-refractivity contribution is 8.03. The predicted molar refractivity (Wildman–Crippen MR) is 189 cm³/mol. The number of hydrogen-bond donors (Lipinski definition) is 0. The Morgan fingerprint density at radius 3 is 2.36 bits per heavy atom. The Bertz CT molecular complexity index is 1930. The number of anilines is 1. The zero-order chi connectivity index (χ0) is 31.3. The lowest BCUT2D eigenvalue weighted by Gasteiger charge is -2.26. The minimum atomic E-state index is -0.0639. The Kier molecular flexibility index (Phi) is 7.48. The molecule has 0 unspecified atom stereocenters. The zero-order valence-electron chi connectivity index (χ0n) is 27.2. The molecule has 1 aliphatic carbocycles. The van der Waals surface area contributed by atoms with Crippen molar-refractivity contribution >= 4 is 39.9 Å². The molecule has 4 nitrogen and oxygen atoms in total. The fourth-order valence-electron chi connectivity index (χ4n) is 7.46. The van der Waals surface area contributed by atoms with Gasteiger partial charge in [-0.3, -0.25) is 0 Å². The van der Waals surface area contributed by atoms with Crippen LogP contribution in [0.15, 0.2) is 128 Å². The van der Waals surface area contributed by atoms with Crippen LogP contribution in [0.1, 0.15) is 65.5 Å². The van der Waals surface area contributed by atoms with Crippen LogP contribution in [0.4, 0.5) is 11.4 Å². The fourth-order valence-corrected chi connectivity index (χ4v) is 8.51. The second-order valence-corrected chi connectivity index (χ2v) is 14.1. The largest absolute Gasteiger partial charge is 0.431 e. The lowest BCUT2D eigenvalue weighted by molar-refractivity contribution is -0.433. The minimum Gasteiger partial charge on any atom is -0.431 e. The Morgan fingerprint density at radius 2 is 1.58 bits per heavy atom. The SMILES string of the molecule is CCN1/C(=C/C=C2CCC(C=CC3=[N+](CC)c4ccccc4C3(C)C)=C2Sc2nc3ccccc3o2)C(C)(C)c2ccccc21. The first-order valence-corrected chi connectivity index (χ1v) is 17.0. The number of rotatable bonds is 7. The summed E-state index contributed by atoms with van der Waals surface area (Å²) in [5.41, 5.74) is 12.4. The number of fused-ring (bicyclic) bond motifs is 3. The zero-order valence-corrected chi connectivity index (χ0v) is 28.0. The summed E-state index contributed by atoms with van der Waals surface area (Å²) in [5, 5.41) is 0.692. The Hall–Kier alpha value is -4.09. The molecular formula is C40H42N3OS+. The molecule has 0 saturated carbocycles. The molecule has 0 atom stereocenters. The lowest BCUT2D eigenvalue weighted by atomic mass is 9.81. The van der Waals surface area contributed by atoms with E-state index < -0.39 is 0 Å². The second-order valence-electron chi connectivity index (χ2n) is 13.1. The van der Waals surface area contributed by atoms with Gasteiger partial charge in [-0.2, -0.15) is 4.58 Å². The van der Waals surface area contributed by atoms with Gasteiger partial charge in [0.05, 0.1) is 5.41 Å². The van der Waals surface area contributed by atoms with Crippen LogP contribution in [-0.2, 0) is 10.8 Å². The molecule has 3 heterocycles. The van der Waals surface area contributed by atoms with Crippen molar-refractivity contribution in [1.82, 2.24) is 4.98 Å². The van der Waals surface area contributed by atoms with Crippen molar-refractivity contribution in [3.05, 3.63) is 130 Å². The normalized spacial score (nSPS) is 20.4. The van der Waals surface area contributed by atoms with Crippen LogP contribution < -0.4 is 4.90 Å². The molecule has 0 bridgehead atoms. The number of nitrogens with zero attached hydrogens (tertiary/aromatic N) is 3. The number of likely N-dealkylation sites (N-methyl/N-ethyl adjacent to an activating group) is 1. The molecule has 45 heavy (non-hydrogen) atoms. The van der Waals surface area contributed by atoms with Gasteiger partial charge in [-0.1, -0.05) is 74.5 Å². The van der Waals surface area contributed by atoms with Crippen molar-refractivity contribution in [3.63, 3.8) is 0 Å². The molecule has 3 aliphatic rings. The maximum Gasteiger partial charge on any atom is 0.261 e. The Morgan fingerprint density at radius 1 is 0.844 bits per heavy atom. The smallest absolute Gasteiger partial charge is 0.261 e. The molecule has 0 radical (unpaired) electrons. The Labute approximate surface area is 271 Å². The molecule has 0 N–H and O–H groups in total. The van der Waals surface area contributed by atoms with Crippen LogP contribution in [-0.4, -0.2) is 28.4 Å². The first-order valence-electron chi connectivity index (χ1n) is 16.2. The predicted octanol–water partition coefficient (Wildman–Crippen LogP) is 10.2. The number of benzene rings is 3. The van der Waals surface area contributed by atoms with E-state index >= 15 is 0 Å². The van der Waals surface area contributed by atoms with E-state index in [9.17, 15) is 0 Å². The molecule has 1 aromatic heterocycles. The molecule has 0 amide bonds. The molecule has 228 valence electrons. The van der Waals surface area contributed by atoms with Gasteiger partial charge in [-0.25, -0.2) is 4.98 Å². The summed E-state index contributed by atoms with van der Waals surface area (Å²) in [5.74, 6) is 0. The first kappa shape index (κ1) is 29.6. The molecule has 5 heteroatoms. The summed E-state index contributed by atoms with van der Waals surface area (Å²) in [6.07, 6.45) is 11.4. The lowest BCUT2D eigenvalue weighted by Crippen LogP contribution is -2.27. The van der Waals surface area contributed by atoms with Crippen LogP contribution in [0, 0.1) is 0 Å². The van der Waals surface area contributed by atoms with Crippen LogP contribution in [0.5, 0.6) is 0 Å². The van der Waals surface area contributed by atoms with Gasteiger partial charge in [0.2, 0.25) is 5.69 Å². The van der Waals surface area contributed by atoms with Gasteiger partial charge in [0.15, 0.2) is 11.3 Å². The monoisotopic (exact) mass is 612 g/mol. The van der Waals surface area contributed by atoms with Crippen LogP contribution in [0.25, 0.3) is 11.1 Å². The molecule has 2 aliphatic heterocycles. The average molecular weight is 613 g/mol. The number of hydrogen-bond acceptors (Lipinski definition) is 4. The van der Waals surface area contributed by atoms with Crippen molar-refractivity contribution < 1.29 is 8.99 Å². The van der Waals surface area contributed by atoms with Crippen LogP contribution >= 0.6 is 11.8 Å². The van der Waals surface area contributed by atoms with Gasteiger partial charge in [-0.05, 0) is 93.3 Å². The van der Waals surface area contributed by atoms with Gasteiger partial charge < -0.3 is 9.32 Å². The van der Waals surface area contributed by atoms with E-state index in [1.165, 1.54) is 50.0 Å². The number of thioether (sulfide) groups is 1. The van der Waals surface area contributed by atoms with Gasteiger partial charge in [0, 0.05) is 46.0 Å². The molecule has 3 aromatic carbocycles. The molecular weight excluding hydrogens is 571 g/mol. The van der Waals surface area contributed by atoms with Crippen LogP contribution in [0.2, 0.25) is 0 Å². The van der Waals surface area contributed by atoms with Crippen molar-refractivity contribution in [2.24, 2.45) is 0 Å². The number of allylic oxidation sites excluding steroid dienone is 7. The number of oxazole rings is 1. The van der Waals surface area contributed by atoms with Gasteiger partial charge in [0.25, 0.3) is 5.22 Å². The van der Waals surface area contributed by atoms with Gasteiger partial charge >= 0.3 is 0 Å². The second kappa shape index (κ2) is 11.4. The third-order valence-corrected chi connectivity index (χ3v) is 10.9. The molecule has 0 spiro atoms. The van der Waals surface area contributed by atoms with E-state index in [0.29, 0.717) is 5.22 Å². The summed E-state index contributed by atoms with van der Waals surface area (Å²) in [6, 6.07) is 25.7. The van der Waals surface area contributed by atoms with Crippen LogP contribution in [0.3, 0.4) is 0 Å². The standard InChI is InChI=1S/C40H42N3OS/c1-7-42-32-18-12-9-15-29(32)39(3,4)35(42)25-23-27-21-22-28(37(27)45-38-41-31-17-11-14-20-34(31)44-38)24-26-36-40(5,6)30-16-10-13-19-33(30)43(36)8-2/h9-20,23-26H,7-8,21-22H2,1-6H3/q+1. The van der Waals surface area contributed by atoms with Crippen molar-refractivity contribution in [3.8, 4) is 0 Å². The third kappa shape index (κ3) is 4.93. The van der Waals surface area contributed by atoms with E-state index in [1.54, 1.807) is 11.8 Å². The van der Waals surface area contributed by atoms with Gasteiger partial charge in [0.1, 0.15) is 12.1 Å². The maximum atomic E-state index is 6.23. The summed E-state index contributed by atoms with van der Waals surface area (Å²) < 4.78 is 8.70.